The summed E-state index contributed by atoms with van der Waals surface area (Å²) in [6, 6.07) is 76.3. The summed E-state index contributed by atoms with van der Waals surface area (Å²) < 4.78 is 4.83. The summed E-state index contributed by atoms with van der Waals surface area (Å²) >= 11 is 0. The van der Waals surface area contributed by atoms with Crippen LogP contribution in [0.2, 0.25) is 0 Å². The van der Waals surface area contributed by atoms with Gasteiger partial charge in [0.05, 0.1) is 22.1 Å². The lowest BCUT2D eigenvalue weighted by molar-refractivity contribution is 1.18. The van der Waals surface area contributed by atoms with Gasteiger partial charge in [0.25, 0.3) is 0 Å². The van der Waals surface area contributed by atoms with E-state index in [1.165, 1.54) is 115 Å². The molecule has 2 aromatic heterocycles. The fourth-order valence-corrected chi connectivity index (χ4v) is 9.96. The summed E-state index contributed by atoms with van der Waals surface area (Å²) in [6.45, 7) is 0. The number of hydrogen-bond acceptors (Lipinski definition) is 0. The molecule has 58 heavy (non-hydrogen) atoms. The fourth-order valence-electron chi connectivity index (χ4n) is 9.96. The molecule has 0 radical (unpaired) electrons. The van der Waals surface area contributed by atoms with Gasteiger partial charge in [-0.05, 0) is 145 Å². The Labute approximate surface area is 335 Å². The molecule has 0 unspecified atom stereocenters. The van der Waals surface area contributed by atoms with Gasteiger partial charge in [-0.3, -0.25) is 0 Å². The quantitative estimate of drug-likeness (QED) is 0.170. The van der Waals surface area contributed by atoms with E-state index in [9.17, 15) is 0 Å². The number of fused-ring (bicyclic) bond motifs is 10. The number of hydrogen-bond donors (Lipinski definition) is 0. The molecule has 2 heteroatoms. The van der Waals surface area contributed by atoms with Crippen molar-refractivity contribution in [1.82, 2.24) is 9.13 Å². The molecule has 0 fully saturated rings. The topological polar surface area (TPSA) is 9.86 Å². The van der Waals surface area contributed by atoms with Gasteiger partial charge in [0.1, 0.15) is 0 Å². The minimum absolute atomic E-state index is 1.16. The molecule has 0 aliphatic heterocycles. The van der Waals surface area contributed by atoms with Gasteiger partial charge in [-0.1, -0.05) is 127 Å². The van der Waals surface area contributed by atoms with Crippen LogP contribution in [-0.2, 0) is 0 Å². The van der Waals surface area contributed by atoms with Crippen LogP contribution in [0.25, 0.3) is 121 Å². The zero-order valence-corrected chi connectivity index (χ0v) is 31.5. The molecule has 12 aromatic rings. The van der Waals surface area contributed by atoms with Crippen LogP contribution in [0.5, 0.6) is 0 Å². The molecule has 0 amide bonds. The molecule has 0 atom stereocenters. The van der Waals surface area contributed by atoms with E-state index >= 15 is 0 Å². The Hall–Kier alpha value is -7.68. The second kappa shape index (κ2) is 11.9. The molecule has 268 valence electrons. The number of benzene rings is 10. The van der Waals surface area contributed by atoms with Crippen LogP contribution in [0.1, 0.15) is 0 Å². The second-order valence-corrected chi connectivity index (χ2v) is 15.7. The van der Waals surface area contributed by atoms with Gasteiger partial charge in [-0.15, -0.1) is 0 Å². The lowest BCUT2D eigenvalue weighted by atomic mass is 9.96. The third kappa shape index (κ3) is 4.48. The second-order valence-electron chi connectivity index (χ2n) is 15.7. The van der Waals surface area contributed by atoms with Crippen LogP contribution < -0.4 is 0 Å². The Morgan fingerprint density at radius 1 is 0.241 bits per heavy atom. The maximum atomic E-state index is 2.42. The van der Waals surface area contributed by atoms with Gasteiger partial charge in [0, 0.05) is 32.9 Å². The predicted octanol–water partition coefficient (Wildman–Crippen LogP) is 15.2. The monoisotopic (exact) mass is 734 g/mol. The number of rotatable bonds is 4. The molecule has 13 rings (SSSR count). The molecular weight excluding hydrogens is 701 g/mol. The summed E-state index contributed by atoms with van der Waals surface area (Å²) in [5.74, 6) is 0. The highest BCUT2D eigenvalue weighted by atomic mass is 15.0. The lowest BCUT2D eigenvalue weighted by Crippen LogP contribution is -1.94. The highest BCUT2D eigenvalue weighted by Crippen LogP contribution is 2.49. The summed E-state index contributed by atoms with van der Waals surface area (Å²) in [5, 5.41) is 10.2. The van der Waals surface area contributed by atoms with Crippen LogP contribution in [0, 0.1) is 0 Å². The fraction of sp³-hybridized carbons (Fsp3) is 0. The van der Waals surface area contributed by atoms with Crippen LogP contribution >= 0.6 is 0 Å². The van der Waals surface area contributed by atoms with Crippen molar-refractivity contribution in [2.24, 2.45) is 0 Å². The highest BCUT2D eigenvalue weighted by molar-refractivity contribution is 6.17. The third-order valence-electron chi connectivity index (χ3n) is 12.6. The normalized spacial score (nSPS) is 12.1. The van der Waals surface area contributed by atoms with E-state index in [1.807, 2.05) is 0 Å². The van der Waals surface area contributed by atoms with Crippen LogP contribution in [0.4, 0.5) is 0 Å². The molecule has 2 nitrogen and oxygen atoms in total. The Bertz CT molecular complexity index is 3660. The maximum Gasteiger partial charge on any atom is 0.0547 e. The summed E-state index contributed by atoms with van der Waals surface area (Å²) in [7, 11) is 0. The van der Waals surface area contributed by atoms with E-state index < -0.39 is 0 Å². The lowest BCUT2D eigenvalue weighted by Gasteiger charge is -2.11. The molecule has 1 aliphatic carbocycles. The summed E-state index contributed by atoms with van der Waals surface area (Å²) in [5.41, 5.74) is 17.4. The average Bonchev–Trinajstić information content (AvgIpc) is 3.91. The van der Waals surface area contributed by atoms with Gasteiger partial charge in [0.15, 0.2) is 0 Å². The Morgan fingerprint density at radius 3 is 1.55 bits per heavy atom. The maximum absolute atomic E-state index is 2.42. The van der Waals surface area contributed by atoms with Crippen molar-refractivity contribution in [2.45, 2.75) is 0 Å². The minimum atomic E-state index is 1.16. The van der Waals surface area contributed by atoms with E-state index in [0.717, 1.165) is 5.69 Å². The first-order valence-electron chi connectivity index (χ1n) is 20.1. The van der Waals surface area contributed by atoms with Crippen LogP contribution in [0.3, 0.4) is 0 Å². The van der Waals surface area contributed by atoms with Crippen molar-refractivity contribution < 1.29 is 0 Å². The van der Waals surface area contributed by atoms with Crippen molar-refractivity contribution in [3.8, 4) is 55.9 Å². The molecule has 0 N–H and O–H groups in total. The SMILES string of the molecule is c1ccc(-n2c3ccc(-c4ccc5c(c4)c4ccccc4n5-c4ccc(-c5cc6c7c(cccc7c5)-c5ccccc5-6)cc4)cc3c3cc4ccccc4cc32)cc1. The van der Waals surface area contributed by atoms with E-state index in [-0.39, 0.29) is 0 Å². The highest BCUT2D eigenvalue weighted by Gasteiger charge is 2.22. The van der Waals surface area contributed by atoms with Gasteiger partial charge in [-0.25, -0.2) is 0 Å². The Morgan fingerprint density at radius 2 is 0.776 bits per heavy atom. The van der Waals surface area contributed by atoms with Gasteiger partial charge < -0.3 is 9.13 Å². The van der Waals surface area contributed by atoms with E-state index in [1.54, 1.807) is 0 Å². The minimum Gasteiger partial charge on any atom is -0.309 e. The zero-order valence-electron chi connectivity index (χ0n) is 31.5. The number of aromatic nitrogens is 2. The van der Waals surface area contributed by atoms with Crippen molar-refractivity contribution in [3.05, 3.63) is 206 Å². The average molecular weight is 735 g/mol. The van der Waals surface area contributed by atoms with Crippen molar-refractivity contribution in [1.29, 1.82) is 0 Å². The molecular formula is C56H34N2. The Balaban J connectivity index is 0.934. The van der Waals surface area contributed by atoms with E-state index in [2.05, 4.69) is 215 Å². The summed E-state index contributed by atoms with van der Waals surface area (Å²) in [4.78, 5) is 0. The van der Waals surface area contributed by atoms with Crippen LogP contribution in [-0.4, -0.2) is 9.13 Å². The number of nitrogens with zero attached hydrogens (tertiary/aromatic N) is 2. The molecule has 0 saturated heterocycles. The predicted molar refractivity (Wildman–Crippen MR) is 245 cm³/mol. The van der Waals surface area contributed by atoms with Gasteiger partial charge >= 0.3 is 0 Å². The molecule has 0 saturated carbocycles. The van der Waals surface area contributed by atoms with Gasteiger partial charge in [0.2, 0.25) is 0 Å². The molecule has 0 spiro atoms. The Kier molecular flexibility index (Phi) is 6.47. The molecule has 10 aromatic carbocycles. The standard InChI is InChI=1S/C56H34N2/c1-2-14-42(15-3-1)58-54-28-24-39(32-49(54)50-30-36-11-4-5-12-37(36)34-55(50)58)38-23-27-53-48(31-38)46-18-8-9-20-52(46)57(53)43-25-21-35(22-26-43)41-29-40-13-10-19-47-44-16-6-7-17-45(44)51(33-41)56(40)47/h1-34H. The van der Waals surface area contributed by atoms with Crippen molar-refractivity contribution >= 4 is 65.2 Å². The number of para-hydroxylation sites is 2. The van der Waals surface area contributed by atoms with E-state index in [4.69, 9.17) is 0 Å². The zero-order chi connectivity index (χ0) is 37.9. The van der Waals surface area contributed by atoms with Crippen molar-refractivity contribution in [2.75, 3.05) is 0 Å². The molecule has 0 bridgehead atoms. The third-order valence-corrected chi connectivity index (χ3v) is 12.6. The largest absolute Gasteiger partial charge is 0.309 e. The smallest absolute Gasteiger partial charge is 0.0547 e. The first kappa shape index (κ1) is 31.5. The first-order chi connectivity index (χ1) is 28.7. The van der Waals surface area contributed by atoms with Crippen LogP contribution in [0.15, 0.2) is 206 Å². The van der Waals surface area contributed by atoms with Crippen molar-refractivity contribution in [3.63, 3.8) is 0 Å². The summed E-state index contributed by atoms with van der Waals surface area (Å²) in [6.07, 6.45) is 0. The van der Waals surface area contributed by atoms with Gasteiger partial charge in [-0.2, -0.15) is 0 Å². The molecule has 2 heterocycles. The molecule has 1 aliphatic rings. The van der Waals surface area contributed by atoms with E-state index in [0.29, 0.717) is 0 Å². The first-order valence-corrected chi connectivity index (χ1v) is 20.1.